The van der Waals surface area contributed by atoms with Crippen LogP contribution in [0.15, 0.2) is 60.7 Å². The van der Waals surface area contributed by atoms with E-state index in [0.29, 0.717) is 5.69 Å². The Kier molecular flexibility index (Phi) is 4.04. The average Bonchev–Trinajstić information content (AvgIpc) is 2.89. The highest BCUT2D eigenvalue weighted by Crippen LogP contribution is 2.47. The predicted molar refractivity (Wildman–Crippen MR) is 88.2 cm³/mol. The molecule has 0 radical (unpaired) electrons. The Balaban J connectivity index is 2.28. The summed E-state index contributed by atoms with van der Waals surface area (Å²) in [4.78, 5) is 0. The smallest absolute Gasteiger partial charge is 0.383 e. The van der Waals surface area contributed by atoms with Gasteiger partial charge in [0.2, 0.25) is 5.60 Å². The maximum atomic E-state index is 13.9. The second kappa shape index (κ2) is 5.93. The summed E-state index contributed by atoms with van der Waals surface area (Å²) >= 11 is 0. The molecule has 0 aliphatic carbocycles. The number of aromatic nitrogens is 2. The molecule has 130 valence electrons. The summed E-state index contributed by atoms with van der Waals surface area (Å²) in [5.41, 5.74) is 2.48. The van der Waals surface area contributed by atoms with Gasteiger partial charge in [0, 0.05) is 0 Å². The molecular weight excluding hydrogens is 331 g/mol. The van der Waals surface area contributed by atoms with Gasteiger partial charge >= 0.3 is 6.18 Å². The molecule has 2 aromatic carbocycles. The zero-order valence-electron chi connectivity index (χ0n) is 13.3. The van der Waals surface area contributed by atoms with E-state index in [-0.39, 0.29) is 17.1 Å². The van der Waals surface area contributed by atoms with E-state index in [1.54, 1.807) is 36.4 Å². The van der Waals surface area contributed by atoms with E-state index >= 15 is 0 Å². The van der Waals surface area contributed by atoms with Gasteiger partial charge in [-0.1, -0.05) is 48.5 Å². The molecule has 25 heavy (non-hydrogen) atoms. The summed E-state index contributed by atoms with van der Waals surface area (Å²) in [6.45, 7) is 1.39. The lowest BCUT2D eigenvalue weighted by Crippen LogP contribution is -2.44. The van der Waals surface area contributed by atoms with Gasteiger partial charge in [0.15, 0.2) is 0 Å². The standard InChI is InChI=1S/C18H16F3N3O/c1-12-15(16(22)24(23-12)14-10-6-3-7-11-14)17(25,18(19,20)21)13-8-4-2-5-9-13/h2-11,25H,22H2,1H3/t17-/m0/s1. The minimum atomic E-state index is -4.97. The first-order chi connectivity index (χ1) is 11.8. The highest BCUT2D eigenvalue weighted by atomic mass is 19.4. The summed E-state index contributed by atoms with van der Waals surface area (Å²) in [7, 11) is 0. The first-order valence-corrected chi connectivity index (χ1v) is 7.52. The molecule has 0 amide bonds. The van der Waals surface area contributed by atoms with Crippen LogP contribution in [0.4, 0.5) is 19.0 Å². The minimum Gasteiger partial charge on any atom is -0.383 e. The van der Waals surface area contributed by atoms with E-state index in [1.165, 1.54) is 35.9 Å². The fraction of sp³-hybridized carbons (Fsp3) is 0.167. The van der Waals surface area contributed by atoms with Gasteiger partial charge in [0.05, 0.1) is 16.9 Å². The van der Waals surface area contributed by atoms with Crippen LogP contribution in [-0.4, -0.2) is 21.1 Å². The Morgan fingerprint density at radius 1 is 0.960 bits per heavy atom. The molecular formula is C18H16F3N3O. The Morgan fingerprint density at radius 3 is 2.00 bits per heavy atom. The summed E-state index contributed by atoms with van der Waals surface area (Å²) in [5, 5.41) is 14.9. The van der Waals surface area contributed by atoms with Crippen LogP contribution in [-0.2, 0) is 5.60 Å². The average molecular weight is 347 g/mol. The van der Waals surface area contributed by atoms with Crippen molar-refractivity contribution in [2.45, 2.75) is 18.7 Å². The van der Waals surface area contributed by atoms with Crippen molar-refractivity contribution in [3.05, 3.63) is 77.5 Å². The van der Waals surface area contributed by atoms with Crippen molar-refractivity contribution in [3.63, 3.8) is 0 Å². The lowest BCUT2D eigenvalue weighted by atomic mass is 9.85. The number of nitrogens with zero attached hydrogens (tertiary/aromatic N) is 2. The Morgan fingerprint density at radius 2 is 1.48 bits per heavy atom. The number of hydrogen-bond acceptors (Lipinski definition) is 3. The van der Waals surface area contributed by atoms with E-state index in [0.717, 1.165) is 0 Å². The highest BCUT2D eigenvalue weighted by Gasteiger charge is 2.58. The highest BCUT2D eigenvalue weighted by molar-refractivity contribution is 5.56. The fourth-order valence-electron chi connectivity index (χ4n) is 2.89. The van der Waals surface area contributed by atoms with Gasteiger partial charge in [-0.05, 0) is 24.6 Å². The van der Waals surface area contributed by atoms with Crippen molar-refractivity contribution in [2.75, 3.05) is 5.73 Å². The molecule has 4 nitrogen and oxygen atoms in total. The third-order valence-electron chi connectivity index (χ3n) is 4.06. The van der Waals surface area contributed by atoms with Crippen LogP contribution in [0.25, 0.3) is 5.69 Å². The quantitative estimate of drug-likeness (QED) is 0.761. The molecule has 3 N–H and O–H groups in total. The van der Waals surface area contributed by atoms with E-state index in [2.05, 4.69) is 5.10 Å². The Bertz CT molecular complexity index is 876. The van der Waals surface area contributed by atoms with Crippen LogP contribution in [0.1, 0.15) is 16.8 Å². The lowest BCUT2D eigenvalue weighted by Gasteiger charge is -2.31. The summed E-state index contributed by atoms with van der Waals surface area (Å²) in [6, 6.07) is 15.4. The maximum Gasteiger partial charge on any atom is 0.425 e. The second-order valence-corrected chi connectivity index (χ2v) is 5.67. The van der Waals surface area contributed by atoms with Crippen LogP contribution in [0.3, 0.4) is 0 Å². The molecule has 3 rings (SSSR count). The molecule has 1 aromatic heterocycles. The number of rotatable bonds is 3. The lowest BCUT2D eigenvalue weighted by molar-refractivity contribution is -0.248. The van der Waals surface area contributed by atoms with Crippen molar-refractivity contribution in [1.82, 2.24) is 9.78 Å². The molecule has 0 fully saturated rings. The van der Waals surface area contributed by atoms with Gasteiger partial charge in [-0.15, -0.1) is 0 Å². The van der Waals surface area contributed by atoms with Crippen molar-refractivity contribution < 1.29 is 18.3 Å². The fourth-order valence-corrected chi connectivity index (χ4v) is 2.89. The monoisotopic (exact) mass is 347 g/mol. The minimum absolute atomic E-state index is 0.00466. The summed E-state index contributed by atoms with van der Waals surface area (Å²) < 4.78 is 42.9. The van der Waals surface area contributed by atoms with Crippen LogP contribution in [0, 0.1) is 6.92 Å². The Hall–Kier alpha value is -2.80. The first-order valence-electron chi connectivity index (χ1n) is 7.52. The normalized spacial score (nSPS) is 14.3. The topological polar surface area (TPSA) is 64.1 Å². The molecule has 1 heterocycles. The van der Waals surface area contributed by atoms with E-state index in [1.807, 2.05) is 0 Å². The molecule has 0 aliphatic heterocycles. The van der Waals surface area contributed by atoms with Gasteiger partial charge in [0.25, 0.3) is 0 Å². The largest absolute Gasteiger partial charge is 0.425 e. The van der Waals surface area contributed by atoms with Crippen LogP contribution in [0.5, 0.6) is 0 Å². The number of para-hydroxylation sites is 1. The second-order valence-electron chi connectivity index (χ2n) is 5.67. The number of nitrogen functional groups attached to an aromatic ring is 1. The molecule has 0 bridgehead atoms. The molecule has 3 aromatic rings. The van der Waals surface area contributed by atoms with Crippen molar-refractivity contribution in [3.8, 4) is 5.69 Å². The van der Waals surface area contributed by atoms with Gasteiger partial charge in [-0.2, -0.15) is 18.3 Å². The number of alkyl halides is 3. The van der Waals surface area contributed by atoms with Gasteiger partial charge in [0.1, 0.15) is 5.82 Å². The zero-order chi connectivity index (χ0) is 18.2. The van der Waals surface area contributed by atoms with Crippen molar-refractivity contribution in [1.29, 1.82) is 0 Å². The number of hydrogen-bond donors (Lipinski definition) is 2. The zero-order valence-corrected chi connectivity index (χ0v) is 13.3. The number of aliphatic hydroxyl groups is 1. The maximum absolute atomic E-state index is 13.9. The van der Waals surface area contributed by atoms with Crippen LogP contribution >= 0.6 is 0 Å². The number of nitrogens with two attached hydrogens (primary N) is 1. The molecule has 0 saturated heterocycles. The Labute approximate surface area is 142 Å². The van der Waals surface area contributed by atoms with Crippen LogP contribution < -0.4 is 5.73 Å². The molecule has 0 spiro atoms. The van der Waals surface area contributed by atoms with Crippen molar-refractivity contribution in [2.24, 2.45) is 0 Å². The predicted octanol–water partition coefficient (Wildman–Crippen LogP) is 3.56. The molecule has 0 unspecified atom stereocenters. The molecule has 0 saturated carbocycles. The SMILES string of the molecule is Cc1nn(-c2ccccc2)c(N)c1[C@@](O)(c1ccccc1)C(F)(F)F. The molecule has 7 heteroatoms. The van der Waals surface area contributed by atoms with Crippen molar-refractivity contribution >= 4 is 5.82 Å². The van der Waals surface area contributed by atoms with Gasteiger partial charge in [-0.3, -0.25) is 0 Å². The van der Waals surface area contributed by atoms with E-state index < -0.39 is 17.3 Å². The number of halogens is 3. The van der Waals surface area contributed by atoms with E-state index in [4.69, 9.17) is 5.73 Å². The van der Waals surface area contributed by atoms with Gasteiger partial charge < -0.3 is 10.8 Å². The van der Waals surface area contributed by atoms with E-state index in [9.17, 15) is 18.3 Å². The number of benzene rings is 2. The third kappa shape index (κ3) is 2.66. The van der Waals surface area contributed by atoms with Crippen LogP contribution in [0.2, 0.25) is 0 Å². The number of anilines is 1. The summed E-state index contributed by atoms with van der Waals surface area (Å²) in [6.07, 6.45) is -4.97. The molecule has 0 aliphatic rings. The summed E-state index contributed by atoms with van der Waals surface area (Å²) in [5.74, 6) is -0.257. The number of aryl methyl sites for hydroxylation is 1. The van der Waals surface area contributed by atoms with Gasteiger partial charge in [-0.25, -0.2) is 4.68 Å². The molecule has 1 atom stereocenters. The first kappa shape index (κ1) is 17.0. The third-order valence-corrected chi connectivity index (χ3v) is 4.06.